The van der Waals surface area contributed by atoms with Crippen molar-refractivity contribution in [2.75, 3.05) is 6.61 Å². The molecule has 0 radical (unpaired) electrons. The molecule has 4 N–H and O–H groups in total. The fraction of sp³-hybridized carbons (Fsp3) is 0.667. The third-order valence-electron chi connectivity index (χ3n) is 10.4. The predicted octanol–water partition coefficient (Wildman–Crippen LogP) is 4.15. The molecule has 12 atom stereocenters. The van der Waals surface area contributed by atoms with E-state index in [0.717, 1.165) is 6.42 Å². The Kier molecular flexibility index (Phi) is 10.2. The lowest BCUT2D eigenvalue weighted by Gasteiger charge is -2.51. The van der Waals surface area contributed by atoms with Gasteiger partial charge in [-0.05, 0) is 63.2 Å². The fourth-order valence-corrected chi connectivity index (χ4v) is 7.79. The van der Waals surface area contributed by atoms with Gasteiger partial charge in [0.05, 0.1) is 30.8 Å². The smallest absolute Gasteiger partial charge is 0.316 e. The number of fused-ring (bicyclic) bond motifs is 2. The first-order chi connectivity index (χ1) is 21.6. The van der Waals surface area contributed by atoms with Gasteiger partial charge in [-0.25, -0.2) is 0 Å². The highest BCUT2D eigenvalue weighted by Crippen LogP contribution is 2.47. The second kappa shape index (κ2) is 13.5. The zero-order chi connectivity index (χ0) is 33.6. The maximum atomic E-state index is 14.1. The minimum absolute atomic E-state index is 0.0713. The van der Waals surface area contributed by atoms with Gasteiger partial charge in [-0.1, -0.05) is 55.9 Å². The summed E-state index contributed by atoms with van der Waals surface area (Å²) in [5.41, 5.74) is 1.08. The Labute approximate surface area is 271 Å². The van der Waals surface area contributed by atoms with Crippen LogP contribution < -0.4 is 0 Å². The number of allylic oxidation sites excluding steroid dienone is 4. The van der Waals surface area contributed by atoms with Crippen molar-refractivity contribution in [1.82, 2.24) is 0 Å². The molecular formula is C36H50O10. The number of carboxylic acid groups (broad SMARTS) is 1. The molecule has 1 spiro atoms. The van der Waals surface area contributed by atoms with E-state index < -0.39 is 71.8 Å². The van der Waals surface area contributed by atoms with Gasteiger partial charge in [-0.2, -0.15) is 0 Å². The Hall–Kier alpha value is -2.60. The van der Waals surface area contributed by atoms with E-state index in [-0.39, 0.29) is 31.3 Å². The van der Waals surface area contributed by atoms with Gasteiger partial charge in [-0.3, -0.25) is 9.59 Å². The average molecular weight is 643 g/mol. The standard InChI is InChI=1S/C36H50O10/c1-19-8-7-9-25-18-43-32-30(38)21(3)14-28(36(25,32)42)34(41)44-27-15-26(11-10-20(2)12-19)45-35(16-27)17-29(37)24(6)31(46-35)22(4)13-23(5)33(39)40/h7-10,13-14,19,23-24,26-32,37-38,42H,11-12,15-18H2,1-6H3,(H,39,40)/b8-7+,20-10+,22-13+,25-9+/t19-,23?,24-,26+,27-,28-,29-,30+,31+,32+,35-,36+/m0/s1. The van der Waals surface area contributed by atoms with E-state index in [9.17, 15) is 30.0 Å². The second-order valence-corrected chi connectivity index (χ2v) is 14.3. The number of aliphatic hydroxyl groups excluding tert-OH is 2. The summed E-state index contributed by atoms with van der Waals surface area (Å²) in [6.45, 7) is 11.2. The van der Waals surface area contributed by atoms with Crippen LogP contribution >= 0.6 is 0 Å². The maximum absolute atomic E-state index is 14.1. The minimum atomic E-state index is -1.79. The summed E-state index contributed by atoms with van der Waals surface area (Å²) in [6.07, 6.45) is 8.53. The highest BCUT2D eigenvalue weighted by atomic mass is 16.7. The lowest BCUT2D eigenvalue weighted by Crippen LogP contribution is -2.59. The lowest BCUT2D eigenvalue weighted by atomic mass is 9.71. The summed E-state index contributed by atoms with van der Waals surface area (Å²) in [6, 6.07) is 0. The Morgan fingerprint density at radius 1 is 1.13 bits per heavy atom. The molecule has 0 aromatic rings. The highest BCUT2D eigenvalue weighted by Gasteiger charge is 2.60. The maximum Gasteiger partial charge on any atom is 0.316 e. The first-order valence-electron chi connectivity index (χ1n) is 16.5. The SMILES string of the molecule is CC1=C[C@H]2C(=O)O[C@H]3C[C@@H](C/C=C(\C)C[C@@H](C)/C=C/C=C4\CO[C@H]([C@@H]1O)[C@@]42O)O[C@]1(C3)C[C@H](O)[C@H](C)[C@@H](/C(C)=C/C(C)C(=O)O)O1. The molecule has 46 heavy (non-hydrogen) atoms. The lowest BCUT2D eigenvalue weighted by molar-refractivity contribution is -0.342. The molecule has 3 saturated heterocycles. The van der Waals surface area contributed by atoms with Gasteiger partial charge in [0.25, 0.3) is 0 Å². The molecule has 4 aliphatic heterocycles. The van der Waals surface area contributed by atoms with Crippen molar-refractivity contribution < 1.29 is 49.0 Å². The molecule has 5 rings (SSSR count). The first kappa shape index (κ1) is 34.7. The second-order valence-electron chi connectivity index (χ2n) is 14.3. The van der Waals surface area contributed by atoms with E-state index in [0.29, 0.717) is 29.6 Å². The van der Waals surface area contributed by atoms with E-state index >= 15 is 0 Å². The van der Waals surface area contributed by atoms with E-state index in [1.54, 1.807) is 39.0 Å². The number of rotatable bonds is 3. The van der Waals surface area contributed by atoms with Crippen molar-refractivity contribution in [1.29, 1.82) is 0 Å². The van der Waals surface area contributed by atoms with Crippen molar-refractivity contribution in [2.24, 2.45) is 23.7 Å². The molecule has 5 aliphatic rings. The van der Waals surface area contributed by atoms with Crippen molar-refractivity contribution in [3.8, 4) is 0 Å². The summed E-state index contributed by atoms with van der Waals surface area (Å²) in [5, 5.41) is 43.8. The van der Waals surface area contributed by atoms with Gasteiger partial charge in [0.1, 0.15) is 29.8 Å². The Morgan fingerprint density at radius 2 is 1.87 bits per heavy atom. The van der Waals surface area contributed by atoms with E-state index in [4.69, 9.17) is 18.9 Å². The van der Waals surface area contributed by atoms with Crippen LogP contribution in [0.4, 0.5) is 0 Å². The van der Waals surface area contributed by atoms with Crippen molar-refractivity contribution in [2.45, 2.75) is 122 Å². The Balaban J connectivity index is 1.52. The van der Waals surface area contributed by atoms with E-state index in [1.165, 1.54) is 5.57 Å². The quantitative estimate of drug-likeness (QED) is 0.261. The number of aliphatic hydroxyl groups is 3. The summed E-state index contributed by atoms with van der Waals surface area (Å²) in [7, 11) is 0. The van der Waals surface area contributed by atoms with Crippen LogP contribution in [-0.4, -0.2) is 87.0 Å². The van der Waals surface area contributed by atoms with Crippen LogP contribution in [-0.2, 0) is 28.5 Å². The summed E-state index contributed by atoms with van der Waals surface area (Å²) in [5.74, 6) is -4.86. The topological polar surface area (TPSA) is 152 Å². The molecule has 0 saturated carbocycles. The number of ether oxygens (including phenoxy) is 4. The zero-order valence-corrected chi connectivity index (χ0v) is 27.7. The third-order valence-corrected chi connectivity index (χ3v) is 10.4. The van der Waals surface area contributed by atoms with Crippen LogP contribution in [0.15, 0.2) is 58.7 Å². The fourth-order valence-electron chi connectivity index (χ4n) is 7.79. The average Bonchev–Trinajstić information content (AvgIpc) is 3.31. The predicted molar refractivity (Wildman–Crippen MR) is 169 cm³/mol. The summed E-state index contributed by atoms with van der Waals surface area (Å²) in [4.78, 5) is 25.6. The van der Waals surface area contributed by atoms with Crippen LogP contribution in [0.25, 0.3) is 0 Å². The van der Waals surface area contributed by atoms with Gasteiger partial charge in [0.2, 0.25) is 0 Å². The summed E-state index contributed by atoms with van der Waals surface area (Å²) >= 11 is 0. The van der Waals surface area contributed by atoms with Gasteiger partial charge in [-0.15, -0.1) is 0 Å². The Morgan fingerprint density at radius 3 is 2.59 bits per heavy atom. The first-order valence-corrected chi connectivity index (χ1v) is 16.5. The highest BCUT2D eigenvalue weighted by molar-refractivity contribution is 5.78. The van der Waals surface area contributed by atoms with Gasteiger partial charge >= 0.3 is 11.9 Å². The van der Waals surface area contributed by atoms with Crippen LogP contribution in [0, 0.1) is 23.7 Å². The van der Waals surface area contributed by atoms with Crippen molar-refractivity contribution in [3.63, 3.8) is 0 Å². The number of hydrogen-bond acceptors (Lipinski definition) is 9. The number of aliphatic carboxylic acids is 1. The van der Waals surface area contributed by atoms with Crippen LogP contribution in [0.1, 0.15) is 73.6 Å². The van der Waals surface area contributed by atoms with Crippen LogP contribution in [0.2, 0.25) is 0 Å². The number of carboxylic acids is 1. The molecule has 10 heteroatoms. The minimum Gasteiger partial charge on any atom is -0.481 e. The molecule has 1 aliphatic carbocycles. The number of esters is 1. The molecule has 254 valence electrons. The molecule has 2 bridgehead atoms. The van der Waals surface area contributed by atoms with E-state index in [1.807, 2.05) is 19.1 Å². The zero-order valence-electron chi connectivity index (χ0n) is 27.7. The van der Waals surface area contributed by atoms with Crippen molar-refractivity contribution in [3.05, 3.63) is 58.7 Å². The molecule has 0 aromatic carbocycles. The number of carbonyl (C=O) groups excluding carboxylic acids is 1. The molecular weight excluding hydrogens is 592 g/mol. The molecule has 4 heterocycles. The largest absolute Gasteiger partial charge is 0.481 e. The third kappa shape index (κ3) is 6.84. The van der Waals surface area contributed by atoms with Gasteiger partial charge in [0, 0.05) is 25.2 Å². The molecule has 3 fully saturated rings. The van der Waals surface area contributed by atoms with Gasteiger partial charge in [0.15, 0.2) is 5.79 Å². The molecule has 0 aromatic heterocycles. The van der Waals surface area contributed by atoms with Crippen LogP contribution in [0.3, 0.4) is 0 Å². The van der Waals surface area contributed by atoms with Crippen LogP contribution in [0.5, 0.6) is 0 Å². The number of hydrogen-bond donors (Lipinski definition) is 4. The molecule has 0 amide bonds. The summed E-state index contributed by atoms with van der Waals surface area (Å²) < 4.78 is 25.4. The normalized spacial score (nSPS) is 45.8. The Bertz CT molecular complexity index is 1340. The van der Waals surface area contributed by atoms with Crippen molar-refractivity contribution >= 4 is 11.9 Å². The monoisotopic (exact) mass is 642 g/mol. The van der Waals surface area contributed by atoms with Gasteiger partial charge < -0.3 is 39.4 Å². The molecule has 10 nitrogen and oxygen atoms in total. The molecule has 1 unspecified atom stereocenters. The number of carbonyl (C=O) groups is 2. The van der Waals surface area contributed by atoms with E-state index in [2.05, 4.69) is 19.9 Å².